The number of methoxy groups -OCH3 is 2. The second kappa shape index (κ2) is 4.01. The van der Waals surface area contributed by atoms with Crippen molar-refractivity contribution in [3.63, 3.8) is 0 Å². The molecule has 0 saturated carbocycles. The fourth-order valence-corrected chi connectivity index (χ4v) is 1.28. The molecule has 0 aliphatic carbocycles. The van der Waals surface area contributed by atoms with Crippen LogP contribution >= 0.6 is 0 Å². The van der Waals surface area contributed by atoms with Crippen LogP contribution in [0.4, 0.5) is 0 Å². The summed E-state index contributed by atoms with van der Waals surface area (Å²) in [5, 5.41) is 9.28. The van der Waals surface area contributed by atoms with E-state index in [-0.39, 0.29) is 12.2 Å². The van der Waals surface area contributed by atoms with Gasteiger partial charge in [-0.1, -0.05) is 0 Å². The molecule has 1 saturated heterocycles. The van der Waals surface area contributed by atoms with Gasteiger partial charge in [-0.2, -0.15) is 0 Å². The van der Waals surface area contributed by atoms with Crippen molar-refractivity contribution >= 4 is 0 Å². The monoisotopic (exact) mass is 162 g/mol. The van der Waals surface area contributed by atoms with Crippen molar-refractivity contribution in [2.24, 2.45) is 0 Å². The van der Waals surface area contributed by atoms with Crippen LogP contribution in [0.3, 0.4) is 0 Å². The molecule has 4 nitrogen and oxygen atoms in total. The predicted octanol–water partition coefficient (Wildman–Crippen LogP) is -0.593. The molecule has 0 spiro atoms. The average Bonchev–Trinajstić information content (AvgIpc) is 2.33. The molecule has 0 aromatic rings. The van der Waals surface area contributed by atoms with Crippen molar-refractivity contribution in [1.82, 2.24) is 0 Å². The van der Waals surface area contributed by atoms with Gasteiger partial charge in [-0.25, -0.2) is 0 Å². The fourth-order valence-electron chi connectivity index (χ4n) is 1.28. The van der Waals surface area contributed by atoms with Gasteiger partial charge in [-0.05, 0) is 0 Å². The van der Waals surface area contributed by atoms with E-state index in [2.05, 4.69) is 0 Å². The van der Waals surface area contributed by atoms with Gasteiger partial charge < -0.3 is 19.3 Å². The third kappa shape index (κ3) is 1.90. The molecule has 1 rings (SSSR count). The van der Waals surface area contributed by atoms with Crippen LogP contribution in [0, 0.1) is 0 Å². The molecule has 66 valence electrons. The van der Waals surface area contributed by atoms with Gasteiger partial charge in [0, 0.05) is 14.2 Å². The summed E-state index contributed by atoms with van der Waals surface area (Å²) in [5.41, 5.74) is 0. The largest absolute Gasteiger partial charge is 0.388 e. The van der Waals surface area contributed by atoms with E-state index in [4.69, 9.17) is 14.2 Å². The van der Waals surface area contributed by atoms with Crippen molar-refractivity contribution in [2.45, 2.75) is 18.3 Å². The third-order valence-electron chi connectivity index (χ3n) is 1.83. The Kier molecular flexibility index (Phi) is 3.26. The second-order valence-electron chi connectivity index (χ2n) is 2.59. The van der Waals surface area contributed by atoms with Crippen molar-refractivity contribution in [2.75, 3.05) is 27.4 Å². The smallest absolute Gasteiger partial charge is 0.114 e. The van der Waals surface area contributed by atoms with E-state index in [1.54, 1.807) is 14.2 Å². The van der Waals surface area contributed by atoms with E-state index in [0.717, 1.165) is 0 Å². The van der Waals surface area contributed by atoms with E-state index in [9.17, 15) is 5.11 Å². The first-order valence-electron chi connectivity index (χ1n) is 3.61. The van der Waals surface area contributed by atoms with Gasteiger partial charge in [0.15, 0.2) is 0 Å². The SMILES string of the molecule is COC[C@H]1OCC(O)[C@H]1OC. The number of aliphatic hydroxyl groups is 1. The highest BCUT2D eigenvalue weighted by molar-refractivity contribution is 4.84. The predicted molar refractivity (Wildman–Crippen MR) is 38.4 cm³/mol. The van der Waals surface area contributed by atoms with Gasteiger partial charge in [0.05, 0.1) is 13.2 Å². The Bertz CT molecular complexity index is 115. The van der Waals surface area contributed by atoms with Crippen molar-refractivity contribution in [3.8, 4) is 0 Å². The lowest BCUT2D eigenvalue weighted by atomic mass is 10.1. The molecular formula is C7H14O4. The Hall–Kier alpha value is -0.160. The quantitative estimate of drug-likeness (QED) is 0.602. The molecule has 1 N–H and O–H groups in total. The summed E-state index contributed by atoms with van der Waals surface area (Å²) in [7, 11) is 3.16. The fraction of sp³-hybridized carbons (Fsp3) is 1.00. The maximum atomic E-state index is 9.28. The van der Waals surface area contributed by atoms with E-state index in [0.29, 0.717) is 13.2 Å². The summed E-state index contributed by atoms with van der Waals surface area (Å²) in [5.74, 6) is 0. The average molecular weight is 162 g/mol. The van der Waals surface area contributed by atoms with Crippen molar-refractivity contribution < 1.29 is 19.3 Å². The van der Waals surface area contributed by atoms with E-state index < -0.39 is 6.10 Å². The molecule has 1 aliphatic heterocycles. The lowest BCUT2D eigenvalue weighted by Gasteiger charge is -2.17. The van der Waals surface area contributed by atoms with Gasteiger partial charge >= 0.3 is 0 Å². The van der Waals surface area contributed by atoms with Crippen LogP contribution in [0.1, 0.15) is 0 Å². The minimum Gasteiger partial charge on any atom is -0.388 e. The van der Waals surface area contributed by atoms with Crippen LogP contribution in [-0.4, -0.2) is 50.9 Å². The Morgan fingerprint density at radius 1 is 1.55 bits per heavy atom. The second-order valence-corrected chi connectivity index (χ2v) is 2.59. The zero-order valence-electron chi connectivity index (χ0n) is 6.82. The molecule has 0 aromatic carbocycles. The Morgan fingerprint density at radius 2 is 2.27 bits per heavy atom. The standard InChI is InChI=1S/C7H14O4/c1-9-4-6-7(10-2)5(8)3-11-6/h5-8H,3-4H2,1-2H3/t5?,6-,7-/m1/s1. The lowest BCUT2D eigenvalue weighted by Crippen LogP contribution is -2.34. The summed E-state index contributed by atoms with van der Waals surface area (Å²) >= 11 is 0. The maximum absolute atomic E-state index is 9.28. The molecule has 1 fully saturated rings. The van der Waals surface area contributed by atoms with E-state index in [1.807, 2.05) is 0 Å². The molecule has 11 heavy (non-hydrogen) atoms. The number of rotatable bonds is 3. The van der Waals surface area contributed by atoms with Crippen LogP contribution in [0.15, 0.2) is 0 Å². The van der Waals surface area contributed by atoms with Crippen LogP contribution < -0.4 is 0 Å². The molecule has 1 aliphatic rings. The Labute approximate surface area is 66.1 Å². The molecule has 0 radical (unpaired) electrons. The summed E-state index contributed by atoms with van der Waals surface area (Å²) in [6.07, 6.45) is -0.880. The van der Waals surface area contributed by atoms with Crippen molar-refractivity contribution in [1.29, 1.82) is 0 Å². The summed E-state index contributed by atoms with van der Waals surface area (Å²) < 4.78 is 15.1. The first-order chi connectivity index (χ1) is 5.29. The number of aliphatic hydroxyl groups excluding tert-OH is 1. The molecule has 1 heterocycles. The highest BCUT2D eigenvalue weighted by Crippen LogP contribution is 2.16. The minimum atomic E-state index is -0.514. The minimum absolute atomic E-state index is 0.125. The molecule has 0 amide bonds. The molecule has 0 aromatic heterocycles. The van der Waals surface area contributed by atoms with Gasteiger partial charge in [0.25, 0.3) is 0 Å². The molecular weight excluding hydrogens is 148 g/mol. The highest BCUT2D eigenvalue weighted by Gasteiger charge is 2.35. The van der Waals surface area contributed by atoms with E-state index in [1.165, 1.54) is 0 Å². The maximum Gasteiger partial charge on any atom is 0.114 e. The third-order valence-corrected chi connectivity index (χ3v) is 1.83. The van der Waals surface area contributed by atoms with E-state index >= 15 is 0 Å². The lowest BCUT2D eigenvalue weighted by molar-refractivity contribution is -0.0391. The topological polar surface area (TPSA) is 47.9 Å². The van der Waals surface area contributed by atoms with Gasteiger partial charge in [-0.15, -0.1) is 0 Å². The number of hydrogen-bond donors (Lipinski definition) is 1. The van der Waals surface area contributed by atoms with Gasteiger partial charge in [0.2, 0.25) is 0 Å². The van der Waals surface area contributed by atoms with Crippen LogP contribution in [0.5, 0.6) is 0 Å². The summed E-state index contributed by atoms with van der Waals surface area (Å²) in [6, 6.07) is 0. The first-order valence-corrected chi connectivity index (χ1v) is 3.61. The van der Waals surface area contributed by atoms with Crippen molar-refractivity contribution in [3.05, 3.63) is 0 Å². The van der Waals surface area contributed by atoms with Crippen LogP contribution in [-0.2, 0) is 14.2 Å². The number of ether oxygens (including phenoxy) is 3. The molecule has 3 atom stereocenters. The highest BCUT2D eigenvalue weighted by atomic mass is 16.6. The summed E-state index contributed by atoms with van der Waals surface area (Å²) in [6.45, 7) is 0.808. The number of hydrogen-bond acceptors (Lipinski definition) is 4. The normalized spacial score (nSPS) is 37.9. The Balaban J connectivity index is 2.40. The summed E-state index contributed by atoms with van der Waals surface area (Å²) in [4.78, 5) is 0. The first kappa shape index (κ1) is 8.93. The van der Waals surface area contributed by atoms with Crippen LogP contribution in [0.2, 0.25) is 0 Å². The molecule has 1 unspecified atom stereocenters. The Morgan fingerprint density at radius 3 is 2.82 bits per heavy atom. The van der Waals surface area contributed by atoms with Crippen LogP contribution in [0.25, 0.3) is 0 Å². The van der Waals surface area contributed by atoms with Gasteiger partial charge in [0.1, 0.15) is 18.3 Å². The molecule has 0 bridgehead atoms. The zero-order valence-corrected chi connectivity index (χ0v) is 6.82. The van der Waals surface area contributed by atoms with Gasteiger partial charge in [-0.3, -0.25) is 0 Å². The molecule has 4 heteroatoms. The zero-order chi connectivity index (χ0) is 8.27.